The third-order valence-electron chi connectivity index (χ3n) is 3.49. The van der Waals surface area contributed by atoms with Crippen LogP contribution in [0.1, 0.15) is 21.1 Å². The molecule has 0 aliphatic carbocycles. The number of nitrogens with zero attached hydrogens (tertiary/aromatic N) is 3. The van der Waals surface area contributed by atoms with E-state index in [0.717, 1.165) is 41.5 Å². The molecule has 6 heteroatoms. The molecule has 0 amide bonds. The molecular weight excluding hydrogens is 298 g/mol. The zero-order chi connectivity index (χ0) is 15.9. The quantitative estimate of drug-likeness (QED) is 0.808. The van der Waals surface area contributed by atoms with Crippen LogP contribution >= 0.6 is 11.3 Å². The first-order valence-corrected chi connectivity index (χ1v) is 8.10. The number of rotatable bonds is 8. The Kier molecular flexibility index (Phi) is 6.03. The maximum Gasteiger partial charge on any atom is 0.308 e. The van der Waals surface area contributed by atoms with Crippen LogP contribution < -0.4 is 0 Å². The maximum atomic E-state index is 10.8. The predicted octanol–water partition coefficient (Wildman–Crippen LogP) is 2.19. The van der Waals surface area contributed by atoms with E-state index in [2.05, 4.69) is 21.9 Å². The van der Waals surface area contributed by atoms with Crippen LogP contribution in [0.25, 0.3) is 0 Å². The summed E-state index contributed by atoms with van der Waals surface area (Å²) in [5.41, 5.74) is 2.14. The minimum absolute atomic E-state index is 0.0708. The summed E-state index contributed by atoms with van der Waals surface area (Å²) in [5, 5.41) is 9.88. The summed E-state index contributed by atoms with van der Waals surface area (Å²) in [7, 11) is 2.10. The van der Waals surface area contributed by atoms with Crippen molar-refractivity contribution < 1.29 is 9.90 Å². The van der Waals surface area contributed by atoms with Crippen molar-refractivity contribution in [2.45, 2.75) is 26.2 Å². The van der Waals surface area contributed by atoms with Gasteiger partial charge in [-0.2, -0.15) is 0 Å². The topological polar surface area (TPSA) is 66.3 Å². The molecule has 0 atom stereocenters. The van der Waals surface area contributed by atoms with E-state index in [0.29, 0.717) is 0 Å². The van der Waals surface area contributed by atoms with Crippen LogP contribution in [0.2, 0.25) is 0 Å². The molecule has 0 aliphatic rings. The molecule has 0 saturated carbocycles. The number of carboxylic acids is 1. The van der Waals surface area contributed by atoms with Gasteiger partial charge in [0.25, 0.3) is 0 Å². The highest BCUT2D eigenvalue weighted by atomic mass is 32.1. The minimum Gasteiger partial charge on any atom is -0.481 e. The molecule has 0 aromatic carbocycles. The molecule has 22 heavy (non-hydrogen) atoms. The SMILES string of the molecule is Cc1nc(CCN(C)CCc2ccncc2)sc1CC(=O)O. The van der Waals surface area contributed by atoms with E-state index >= 15 is 0 Å². The Balaban J connectivity index is 1.78. The molecule has 0 saturated heterocycles. The van der Waals surface area contributed by atoms with Crippen LogP contribution in [0, 0.1) is 6.92 Å². The molecule has 2 aromatic heterocycles. The first kappa shape index (κ1) is 16.6. The molecule has 0 fully saturated rings. The number of carboxylic acid groups (broad SMARTS) is 1. The smallest absolute Gasteiger partial charge is 0.308 e. The third-order valence-corrected chi connectivity index (χ3v) is 4.70. The molecule has 0 radical (unpaired) electrons. The van der Waals surface area contributed by atoms with Gasteiger partial charge in [0.05, 0.1) is 17.1 Å². The van der Waals surface area contributed by atoms with E-state index in [9.17, 15) is 4.79 Å². The first-order chi connectivity index (χ1) is 10.5. The van der Waals surface area contributed by atoms with E-state index in [4.69, 9.17) is 5.11 Å². The lowest BCUT2D eigenvalue weighted by atomic mass is 10.2. The average molecular weight is 319 g/mol. The number of carbonyl (C=O) groups is 1. The zero-order valence-electron chi connectivity index (χ0n) is 13.0. The van der Waals surface area contributed by atoms with Crippen molar-refractivity contribution in [3.8, 4) is 0 Å². The van der Waals surface area contributed by atoms with Gasteiger partial charge in [-0.25, -0.2) is 4.98 Å². The lowest BCUT2D eigenvalue weighted by Gasteiger charge is -2.15. The number of aliphatic carboxylic acids is 1. The fraction of sp³-hybridized carbons (Fsp3) is 0.438. The monoisotopic (exact) mass is 319 g/mol. The summed E-state index contributed by atoms with van der Waals surface area (Å²) < 4.78 is 0. The Morgan fingerprint density at radius 2 is 1.95 bits per heavy atom. The molecular formula is C16H21N3O2S. The van der Waals surface area contributed by atoms with Crippen LogP contribution in [-0.4, -0.2) is 46.1 Å². The third kappa shape index (κ3) is 5.20. The highest BCUT2D eigenvalue weighted by Gasteiger charge is 2.11. The summed E-state index contributed by atoms with van der Waals surface area (Å²) in [6, 6.07) is 4.08. The second kappa shape index (κ2) is 8.00. The molecule has 0 unspecified atom stereocenters. The van der Waals surface area contributed by atoms with Crippen molar-refractivity contribution in [1.82, 2.24) is 14.9 Å². The lowest BCUT2D eigenvalue weighted by molar-refractivity contribution is -0.136. The highest BCUT2D eigenvalue weighted by molar-refractivity contribution is 7.11. The van der Waals surface area contributed by atoms with E-state index < -0.39 is 5.97 Å². The molecule has 0 aliphatic heterocycles. The van der Waals surface area contributed by atoms with E-state index in [1.54, 1.807) is 0 Å². The fourth-order valence-electron chi connectivity index (χ4n) is 2.16. The molecule has 0 bridgehead atoms. The molecule has 118 valence electrons. The van der Waals surface area contributed by atoms with Gasteiger partial charge in [-0.1, -0.05) is 0 Å². The minimum atomic E-state index is -0.798. The largest absolute Gasteiger partial charge is 0.481 e. The Bertz CT molecular complexity index is 613. The van der Waals surface area contributed by atoms with Crippen LogP contribution in [0.5, 0.6) is 0 Å². The summed E-state index contributed by atoms with van der Waals surface area (Å²) >= 11 is 1.52. The van der Waals surface area contributed by atoms with Crippen molar-refractivity contribution in [3.05, 3.63) is 45.7 Å². The number of aryl methyl sites for hydroxylation is 1. The molecule has 1 N–H and O–H groups in total. The Morgan fingerprint density at radius 1 is 1.27 bits per heavy atom. The van der Waals surface area contributed by atoms with Crippen LogP contribution in [0.15, 0.2) is 24.5 Å². The van der Waals surface area contributed by atoms with Gasteiger partial charge in [0.2, 0.25) is 0 Å². The van der Waals surface area contributed by atoms with Gasteiger partial charge >= 0.3 is 5.97 Å². The van der Waals surface area contributed by atoms with E-state index in [-0.39, 0.29) is 6.42 Å². The Labute approximate surface area is 134 Å². The van der Waals surface area contributed by atoms with Crippen molar-refractivity contribution >= 4 is 17.3 Å². The van der Waals surface area contributed by atoms with Crippen molar-refractivity contribution in [3.63, 3.8) is 0 Å². The van der Waals surface area contributed by atoms with Gasteiger partial charge in [-0.3, -0.25) is 9.78 Å². The molecule has 2 heterocycles. The van der Waals surface area contributed by atoms with Gasteiger partial charge < -0.3 is 10.0 Å². The van der Waals surface area contributed by atoms with Crippen LogP contribution in [0.3, 0.4) is 0 Å². The summed E-state index contributed by atoms with van der Waals surface area (Å²) in [6.45, 7) is 3.78. The zero-order valence-corrected chi connectivity index (χ0v) is 13.8. The van der Waals surface area contributed by atoms with Gasteiger partial charge in [0.1, 0.15) is 0 Å². The van der Waals surface area contributed by atoms with Crippen molar-refractivity contribution in [2.24, 2.45) is 0 Å². The second-order valence-electron chi connectivity index (χ2n) is 5.35. The lowest BCUT2D eigenvalue weighted by Crippen LogP contribution is -2.23. The summed E-state index contributed by atoms with van der Waals surface area (Å²) in [5.74, 6) is -0.798. The van der Waals surface area contributed by atoms with E-state index in [1.807, 2.05) is 31.5 Å². The first-order valence-electron chi connectivity index (χ1n) is 7.29. The molecule has 0 spiro atoms. The average Bonchev–Trinajstić information content (AvgIpc) is 2.83. The van der Waals surface area contributed by atoms with Gasteiger partial charge in [0, 0.05) is 36.8 Å². The molecule has 5 nitrogen and oxygen atoms in total. The Hall–Kier alpha value is -1.79. The summed E-state index contributed by atoms with van der Waals surface area (Å²) in [4.78, 5) is 22.4. The second-order valence-corrected chi connectivity index (χ2v) is 6.51. The number of hydrogen-bond donors (Lipinski definition) is 1. The summed E-state index contributed by atoms with van der Waals surface area (Å²) in [6.07, 6.45) is 5.56. The standard InChI is InChI=1S/C16H21N3O2S/c1-12-14(11-16(20)21)22-15(18-12)6-10-19(2)9-5-13-3-7-17-8-4-13/h3-4,7-8H,5-6,9-11H2,1-2H3,(H,20,21). The van der Waals surface area contributed by atoms with E-state index in [1.165, 1.54) is 16.9 Å². The molecule has 2 rings (SSSR count). The number of hydrogen-bond acceptors (Lipinski definition) is 5. The van der Waals surface area contributed by atoms with Gasteiger partial charge in [-0.05, 0) is 38.1 Å². The number of pyridine rings is 1. The van der Waals surface area contributed by atoms with Crippen LogP contribution in [0.4, 0.5) is 0 Å². The number of aromatic nitrogens is 2. The highest BCUT2D eigenvalue weighted by Crippen LogP contribution is 2.19. The number of thiazole rings is 1. The number of likely N-dealkylation sites (N-methyl/N-ethyl adjacent to an activating group) is 1. The van der Waals surface area contributed by atoms with Crippen molar-refractivity contribution in [2.75, 3.05) is 20.1 Å². The predicted molar refractivity (Wildman–Crippen MR) is 87.3 cm³/mol. The van der Waals surface area contributed by atoms with Gasteiger partial charge in [0.15, 0.2) is 0 Å². The van der Waals surface area contributed by atoms with Crippen molar-refractivity contribution in [1.29, 1.82) is 0 Å². The maximum absolute atomic E-state index is 10.8. The Morgan fingerprint density at radius 3 is 2.64 bits per heavy atom. The fourth-order valence-corrected chi connectivity index (χ4v) is 3.21. The molecule has 2 aromatic rings. The normalized spacial score (nSPS) is 11.0. The van der Waals surface area contributed by atoms with Crippen LogP contribution in [-0.2, 0) is 24.1 Å². The van der Waals surface area contributed by atoms with Gasteiger partial charge in [-0.15, -0.1) is 11.3 Å².